The van der Waals surface area contributed by atoms with Crippen LogP contribution in [0.2, 0.25) is 0 Å². The molecule has 0 bridgehead atoms. The highest BCUT2D eigenvalue weighted by atomic mass is 32.2. The number of rotatable bonds is 7. The molecular formula is C16H14N4O6S. The van der Waals surface area contributed by atoms with Crippen molar-refractivity contribution in [1.29, 1.82) is 0 Å². The van der Waals surface area contributed by atoms with Gasteiger partial charge in [0.25, 0.3) is 5.69 Å². The lowest BCUT2D eigenvalue weighted by molar-refractivity contribution is -0.387. The third-order valence-electron chi connectivity index (χ3n) is 3.58. The number of benzene rings is 2. The normalized spacial score (nSPS) is 11.3. The fourth-order valence-corrected chi connectivity index (χ4v) is 3.40. The van der Waals surface area contributed by atoms with E-state index in [1.54, 1.807) is 31.4 Å². The first-order valence-corrected chi connectivity index (χ1v) is 9.09. The van der Waals surface area contributed by atoms with E-state index in [1.807, 2.05) is 0 Å². The molecule has 0 aliphatic carbocycles. The van der Waals surface area contributed by atoms with Gasteiger partial charge in [0.05, 0.1) is 18.6 Å². The molecule has 0 saturated heterocycles. The van der Waals surface area contributed by atoms with Crippen LogP contribution in [-0.4, -0.2) is 30.6 Å². The van der Waals surface area contributed by atoms with Crippen molar-refractivity contribution in [2.45, 2.75) is 11.4 Å². The van der Waals surface area contributed by atoms with E-state index in [0.29, 0.717) is 11.3 Å². The summed E-state index contributed by atoms with van der Waals surface area (Å²) < 4.78 is 37.0. The van der Waals surface area contributed by atoms with Gasteiger partial charge in [-0.05, 0) is 30.3 Å². The molecule has 11 heteroatoms. The molecule has 0 aliphatic heterocycles. The molecule has 0 atom stereocenters. The highest BCUT2D eigenvalue weighted by molar-refractivity contribution is 7.89. The van der Waals surface area contributed by atoms with E-state index in [2.05, 4.69) is 14.9 Å². The van der Waals surface area contributed by atoms with Crippen LogP contribution in [0, 0.1) is 10.1 Å². The molecule has 0 spiro atoms. The van der Waals surface area contributed by atoms with Gasteiger partial charge in [-0.25, -0.2) is 13.1 Å². The van der Waals surface area contributed by atoms with Gasteiger partial charge in [-0.2, -0.15) is 4.98 Å². The molecule has 0 amide bonds. The monoisotopic (exact) mass is 390 g/mol. The lowest BCUT2D eigenvalue weighted by atomic mass is 10.2. The summed E-state index contributed by atoms with van der Waals surface area (Å²) in [5, 5.41) is 14.8. The van der Waals surface area contributed by atoms with Crippen LogP contribution >= 0.6 is 0 Å². The Bertz CT molecular complexity index is 1060. The summed E-state index contributed by atoms with van der Waals surface area (Å²) >= 11 is 0. The molecule has 140 valence electrons. The molecule has 3 aromatic rings. The summed E-state index contributed by atoms with van der Waals surface area (Å²) in [6, 6.07) is 12.0. The fourth-order valence-electron chi connectivity index (χ4n) is 2.25. The second-order valence-electron chi connectivity index (χ2n) is 5.29. The predicted octanol–water partition coefficient (Wildman–Crippen LogP) is 2.13. The molecule has 0 unspecified atom stereocenters. The summed E-state index contributed by atoms with van der Waals surface area (Å²) in [5.41, 5.74) is 0.141. The van der Waals surface area contributed by atoms with Crippen LogP contribution in [0.1, 0.15) is 5.89 Å². The summed E-state index contributed by atoms with van der Waals surface area (Å²) in [5.74, 6) is 0.959. The number of hydrogen-bond donors (Lipinski definition) is 1. The van der Waals surface area contributed by atoms with E-state index >= 15 is 0 Å². The van der Waals surface area contributed by atoms with Gasteiger partial charge in [-0.1, -0.05) is 17.3 Å². The Labute approximate surface area is 154 Å². The summed E-state index contributed by atoms with van der Waals surface area (Å²) in [6.45, 7) is -0.308. The molecule has 2 aromatic carbocycles. The van der Waals surface area contributed by atoms with Crippen molar-refractivity contribution in [3.05, 3.63) is 64.5 Å². The van der Waals surface area contributed by atoms with Crippen molar-refractivity contribution in [3.63, 3.8) is 0 Å². The van der Waals surface area contributed by atoms with Crippen molar-refractivity contribution in [2.24, 2.45) is 0 Å². The highest BCUT2D eigenvalue weighted by Gasteiger charge is 2.25. The minimum absolute atomic E-state index is 0.0166. The van der Waals surface area contributed by atoms with Crippen molar-refractivity contribution in [3.8, 4) is 17.1 Å². The smallest absolute Gasteiger partial charge is 0.289 e. The lowest BCUT2D eigenvalue weighted by Gasteiger charge is -2.05. The first-order valence-electron chi connectivity index (χ1n) is 7.61. The van der Waals surface area contributed by atoms with Crippen molar-refractivity contribution < 1.29 is 22.6 Å². The van der Waals surface area contributed by atoms with E-state index < -0.39 is 25.5 Å². The molecule has 0 aliphatic rings. The number of methoxy groups -OCH3 is 1. The van der Waals surface area contributed by atoms with E-state index in [9.17, 15) is 18.5 Å². The van der Waals surface area contributed by atoms with Crippen LogP contribution in [0.15, 0.2) is 57.9 Å². The second kappa shape index (κ2) is 7.51. The topological polar surface area (TPSA) is 137 Å². The molecule has 0 fully saturated rings. The van der Waals surface area contributed by atoms with Crippen LogP contribution in [0.4, 0.5) is 5.69 Å². The van der Waals surface area contributed by atoms with E-state index in [0.717, 1.165) is 12.1 Å². The predicted molar refractivity (Wildman–Crippen MR) is 93.4 cm³/mol. The third-order valence-corrected chi connectivity index (χ3v) is 5.03. The van der Waals surface area contributed by atoms with Gasteiger partial charge in [-0.3, -0.25) is 10.1 Å². The number of para-hydroxylation sites is 1. The van der Waals surface area contributed by atoms with Crippen LogP contribution in [0.5, 0.6) is 5.75 Å². The number of ether oxygens (including phenoxy) is 1. The Morgan fingerprint density at radius 1 is 1.19 bits per heavy atom. The average Bonchev–Trinajstić information content (AvgIpc) is 3.15. The number of nitrogens with zero attached hydrogens (tertiary/aromatic N) is 3. The number of hydrogen-bond acceptors (Lipinski definition) is 8. The van der Waals surface area contributed by atoms with Crippen molar-refractivity contribution in [1.82, 2.24) is 14.9 Å². The summed E-state index contributed by atoms with van der Waals surface area (Å²) in [7, 11) is -2.59. The molecule has 1 aromatic heterocycles. The molecule has 0 radical (unpaired) electrons. The molecule has 10 nitrogen and oxygen atoms in total. The maximum atomic E-state index is 12.4. The molecule has 1 N–H and O–H groups in total. The van der Waals surface area contributed by atoms with Crippen LogP contribution in [0.25, 0.3) is 11.4 Å². The standard InChI is InChI=1S/C16H14N4O6S/c1-25-12-8-6-11(7-9-12)16-18-15(26-19-16)10-17-27(23,24)14-5-3-2-4-13(14)20(21)22/h2-9,17H,10H2,1H3. The second-order valence-corrected chi connectivity index (χ2v) is 7.02. The zero-order valence-corrected chi connectivity index (χ0v) is 14.8. The summed E-state index contributed by atoms with van der Waals surface area (Å²) in [4.78, 5) is 13.9. The van der Waals surface area contributed by atoms with Gasteiger partial charge in [0.15, 0.2) is 4.90 Å². The third kappa shape index (κ3) is 4.10. The Morgan fingerprint density at radius 2 is 1.89 bits per heavy atom. The first kappa shape index (κ1) is 18.5. The van der Waals surface area contributed by atoms with Crippen molar-refractivity contribution >= 4 is 15.7 Å². The molecule has 1 heterocycles. The number of sulfonamides is 1. The number of aromatic nitrogens is 2. The maximum Gasteiger partial charge on any atom is 0.289 e. The van der Waals surface area contributed by atoms with E-state index in [4.69, 9.17) is 9.26 Å². The molecule has 0 saturated carbocycles. The van der Waals surface area contributed by atoms with Crippen LogP contribution < -0.4 is 9.46 Å². The molecular weight excluding hydrogens is 376 g/mol. The average molecular weight is 390 g/mol. The number of nitro benzene ring substituents is 1. The van der Waals surface area contributed by atoms with Gasteiger partial charge in [0.1, 0.15) is 5.75 Å². The Kier molecular flexibility index (Phi) is 5.14. The SMILES string of the molecule is COc1ccc(-c2noc(CNS(=O)(=O)c3ccccc3[N+](=O)[O-])n2)cc1. The highest BCUT2D eigenvalue weighted by Crippen LogP contribution is 2.23. The van der Waals surface area contributed by atoms with Gasteiger partial charge in [0, 0.05) is 11.6 Å². The Morgan fingerprint density at radius 3 is 2.56 bits per heavy atom. The van der Waals surface area contributed by atoms with Gasteiger partial charge < -0.3 is 9.26 Å². The zero-order chi connectivity index (χ0) is 19.4. The van der Waals surface area contributed by atoms with Gasteiger partial charge >= 0.3 is 0 Å². The van der Waals surface area contributed by atoms with Gasteiger partial charge in [0.2, 0.25) is 21.7 Å². The summed E-state index contributed by atoms with van der Waals surface area (Å²) in [6.07, 6.45) is 0. The maximum absolute atomic E-state index is 12.4. The minimum atomic E-state index is -4.13. The molecule has 3 rings (SSSR count). The lowest BCUT2D eigenvalue weighted by Crippen LogP contribution is -2.24. The van der Waals surface area contributed by atoms with Crippen LogP contribution in [0.3, 0.4) is 0 Å². The van der Waals surface area contributed by atoms with E-state index in [1.165, 1.54) is 12.1 Å². The Hall–Kier alpha value is -3.31. The fraction of sp³-hybridized carbons (Fsp3) is 0.125. The first-order chi connectivity index (χ1) is 12.9. The van der Waals surface area contributed by atoms with E-state index in [-0.39, 0.29) is 18.3 Å². The zero-order valence-electron chi connectivity index (χ0n) is 14.0. The minimum Gasteiger partial charge on any atom is -0.497 e. The number of nitro groups is 1. The van der Waals surface area contributed by atoms with Crippen molar-refractivity contribution in [2.75, 3.05) is 7.11 Å². The van der Waals surface area contributed by atoms with Gasteiger partial charge in [-0.15, -0.1) is 0 Å². The quantitative estimate of drug-likeness (QED) is 0.478. The molecule has 27 heavy (non-hydrogen) atoms. The Balaban J connectivity index is 1.75. The number of nitrogens with one attached hydrogen (secondary N) is 1. The van der Waals surface area contributed by atoms with Crippen LogP contribution in [-0.2, 0) is 16.6 Å². The largest absolute Gasteiger partial charge is 0.497 e.